The first kappa shape index (κ1) is 17.5. The molecule has 0 unspecified atom stereocenters. The Morgan fingerprint density at radius 3 is 2.28 bits per heavy atom. The Kier molecular flexibility index (Phi) is 6.48. The molecule has 25 heavy (non-hydrogen) atoms. The van der Waals surface area contributed by atoms with Crippen LogP contribution in [0.25, 0.3) is 0 Å². The van der Waals surface area contributed by atoms with Gasteiger partial charge in [0.15, 0.2) is 0 Å². The van der Waals surface area contributed by atoms with Gasteiger partial charge in [-0.3, -0.25) is 0 Å². The van der Waals surface area contributed by atoms with Crippen LogP contribution in [0.4, 0.5) is 0 Å². The van der Waals surface area contributed by atoms with Gasteiger partial charge in [-0.2, -0.15) is 0 Å². The summed E-state index contributed by atoms with van der Waals surface area (Å²) in [6.45, 7) is 2.45. The van der Waals surface area contributed by atoms with Crippen molar-refractivity contribution in [2.24, 2.45) is 0 Å². The van der Waals surface area contributed by atoms with Gasteiger partial charge in [-0.25, -0.2) is 0 Å². The van der Waals surface area contributed by atoms with E-state index in [2.05, 4.69) is 41.0 Å². The smallest absolute Gasteiger partial charge is 0.122 e. The molecule has 0 bridgehead atoms. The fourth-order valence-electron chi connectivity index (χ4n) is 2.51. The van der Waals surface area contributed by atoms with E-state index in [1.165, 1.54) is 16.0 Å². The molecule has 0 aliphatic carbocycles. The van der Waals surface area contributed by atoms with Gasteiger partial charge < -0.3 is 14.8 Å². The number of ether oxygens (including phenoxy) is 2. The van der Waals surface area contributed by atoms with Crippen LogP contribution in [-0.4, -0.2) is 13.7 Å². The van der Waals surface area contributed by atoms with Crippen molar-refractivity contribution in [2.45, 2.75) is 19.6 Å². The second-order valence-electron chi connectivity index (χ2n) is 5.79. The molecule has 0 radical (unpaired) electrons. The summed E-state index contributed by atoms with van der Waals surface area (Å²) in [5, 5.41) is 5.55. The van der Waals surface area contributed by atoms with Crippen molar-refractivity contribution in [3.63, 3.8) is 0 Å². The number of hydrogen-bond donors (Lipinski definition) is 1. The number of nitrogens with one attached hydrogen (secondary N) is 1. The van der Waals surface area contributed by atoms with Gasteiger partial charge >= 0.3 is 0 Å². The lowest BCUT2D eigenvalue weighted by molar-refractivity contribution is 0.309. The molecule has 0 atom stereocenters. The summed E-state index contributed by atoms with van der Waals surface area (Å²) in [5.41, 5.74) is 2.57. The molecular weight excluding hydrogens is 330 g/mol. The van der Waals surface area contributed by atoms with Gasteiger partial charge in [0.1, 0.15) is 18.1 Å². The Bertz CT molecular complexity index is 737. The van der Waals surface area contributed by atoms with Crippen LogP contribution in [0.2, 0.25) is 0 Å². The highest BCUT2D eigenvalue weighted by molar-refractivity contribution is 7.09. The molecule has 3 nitrogen and oxygen atoms in total. The molecule has 2 aromatic carbocycles. The maximum absolute atomic E-state index is 5.79. The number of benzene rings is 2. The van der Waals surface area contributed by atoms with Gasteiger partial charge in [-0.05, 0) is 59.8 Å². The third-order valence-corrected chi connectivity index (χ3v) is 4.81. The zero-order chi connectivity index (χ0) is 17.3. The molecule has 0 fully saturated rings. The van der Waals surface area contributed by atoms with E-state index in [0.29, 0.717) is 6.61 Å². The van der Waals surface area contributed by atoms with E-state index in [1.54, 1.807) is 18.4 Å². The van der Waals surface area contributed by atoms with Crippen molar-refractivity contribution >= 4 is 11.3 Å². The SMILES string of the molecule is COc1ccc(CCNCc2ccc(OCc3cccs3)cc2)cc1. The lowest BCUT2D eigenvalue weighted by Gasteiger charge is -2.08. The standard InChI is InChI=1S/C21H23NO2S/c1-23-19-8-4-17(5-9-19)12-13-22-15-18-6-10-20(11-7-18)24-16-21-3-2-14-25-21/h2-11,14,22H,12-13,15-16H2,1H3. The van der Waals surface area contributed by atoms with Crippen molar-refractivity contribution in [3.05, 3.63) is 82.0 Å². The first-order valence-electron chi connectivity index (χ1n) is 8.41. The van der Waals surface area contributed by atoms with Gasteiger partial charge in [0.05, 0.1) is 7.11 Å². The van der Waals surface area contributed by atoms with E-state index in [4.69, 9.17) is 9.47 Å². The minimum Gasteiger partial charge on any atom is -0.497 e. The summed E-state index contributed by atoms with van der Waals surface area (Å²) >= 11 is 1.72. The minimum atomic E-state index is 0.636. The average molecular weight is 353 g/mol. The molecule has 0 saturated carbocycles. The second kappa shape index (κ2) is 9.25. The maximum atomic E-state index is 5.79. The third kappa shape index (κ3) is 5.62. The predicted molar refractivity (Wildman–Crippen MR) is 103 cm³/mol. The lowest BCUT2D eigenvalue weighted by atomic mass is 10.1. The summed E-state index contributed by atoms with van der Waals surface area (Å²) in [4.78, 5) is 1.24. The second-order valence-corrected chi connectivity index (χ2v) is 6.82. The van der Waals surface area contributed by atoms with Gasteiger partial charge in [0.25, 0.3) is 0 Å². The highest BCUT2D eigenvalue weighted by Gasteiger charge is 1.99. The molecular formula is C21H23NO2S. The van der Waals surface area contributed by atoms with Gasteiger partial charge in [-0.1, -0.05) is 30.3 Å². The summed E-state index contributed by atoms with van der Waals surface area (Å²) < 4.78 is 11.0. The quantitative estimate of drug-likeness (QED) is 0.567. The van der Waals surface area contributed by atoms with Crippen LogP contribution in [0.1, 0.15) is 16.0 Å². The minimum absolute atomic E-state index is 0.636. The van der Waals surface area contributed by atoms with E-state index in [1.807, 2.05) is 30.3 Å². The maximum Gasteiger partial charge on any atom is 0.122 e. The van der Waals surface area contributed by atoms with Crippen molar-refractivity contribution in [1.29, 1.82) is 0 Å². The molecule has 0 amide bonds. The Labute approximate surface area is 153 Å². The third-order valence-electron chi connectivity index (χ3n) is 3.96. The summed E-state index contributed by atoms with van der Waals surface area (Å²) in [5.74, 6) is 1.81. The van der Waals surface area contributed by atoms with E-state index in [0.717, 1.165) is 31.0 Å². The van der Waals surface area contributed by atoms with Crippen molar-refractivity contribution in [2.75, 3.05) is 13.7 Å². The molecule has 3 rings (SSSR count). The fourth-order valence-corrected chi connectivity index (χ4v) is 3.13. The fraction of sp³-hybridized carbons (Fsp3) is 0.238. The summed E-state index contributed by atoms with van der Waals surface area (Å²) in [7, 11) is 1.69. The monoisotopic (exact) mass is 353 g/mol. The topological polar surface area (TPSA) is 30.5 Å². The molecule has 130 valence electrons. The molecule has 0 aliphatic heterocycles. The van der Waals surface area contributed by atoms with Crippen LogP contribution in [0.15, 0.2) is 66.0 Å². The number of rotatable bonds is 9. The van der Waals surface area contributed by atoms with Gasteiger partial charge in [-0.15, -0.1) is 11.3 Å². The molecule has 1 aromatic heterocycles. The molecule has 1 N–H and O–H groups in total. The molecule has 0 aliphatic rings. The highest BCUT2D eigenvalue weighted by Crippen LogP contribution is 2.16. The van der Waals surface area contributed by atoms with Crippen LogP contribution in [0.3, 0.4) is 0 Å². The number of hydrogen-bond acceptors (Lipinski definition) is 4. The zero-order valence-corrected chi connectivity index (χ0v) is 15.2. The van der Waals surface area contributed by atoms with Crippen LogP contribution in [0, 0.1) is 0 Å². The normalized spacial score (nSPS) is 10.6. The number of methoxy groups -OCH3 is 1. The predicted octanol–water partition coefficient (Wildman–Crippen LogP) is 4.67. The molecule has 4 heteroatoms. The average Bonchev–Trinajstić information content (AvgIpc) is 3.19. The molecule has 0 spiro atoms. The van der Waals surface area contributed by atoms with Gasteiger partial charge in [0.2, 0.25) is 0 Å². The van der Waals surface area contributed by atoms with Crippen molar-refractivity contribution in [3.8, 4) is 11.5 Å². The first-order valence-corrected chi connectivity index (χ1v) is 9.29. The molecule has 3 aromatic rings. The summed E-state index contributed by atoms with van der Waals surface area (Å²) in [6.07, 6.45) is 1.01. The van der Waals surface area contributed by atoms with Crippen molar-refractivity contribution < 1.29 is 9.47 Å². The van der Waals surface area contributed by atoms with Crippen LogP contribution in [0.5, 0.6) is 11.5 Å². The van der Waals surface area contributed by atoms with E-state index >= 15 is 0 Å². The van der Waals surface area contributed by atoms with Crippen molar-refractivity contribution in [1.82, 2.24) is 5.32 Å². The van der Waals surface area contributed by atoms with E-state index in [-0.39, 0.29) is 0 Å². The van der Waals surface area contributed by atoms with Crippen LogP contribution in [-0.2, 0) is 19.6 Å². The lowest BCUT2D eigenvalue weighted by Crippen LogP contribution is -2.16. The number of thiophene rings is 1. The largest absolute Gasteiger partial charge is 0.497 e. The van der Waals surface area contributed by atoms with Gasteiger partial charge in [0, 0.05) is 11.4 Å². The van der Waals surface area contributed by atoms with Crippen LogP contribution < -0.4 is 14.8 Å². The Morgan fingerprint density at radius 2 is 1.60 bits per heavy atom. The summed E-state index contributed by atoms with van der Waals surface area (Å²) in [6, 6.07) is 20.7. The van der Waals surface area contributed by atoms with Crippen LogP contribution >= 0.6 is 11.3 Å². The highest BCUT2D eigenvalue weighted by atomic mass is 32.1. The molecule has 1 heterocycles. The van der Waals surface area contributed by atoms with E-state index in [9.17, 15) is 0 Å². The Hall–Kier alpha value is -2.30. The van der Waals surface area contributed by atoms with E-state index < -0.39 is 0 Å². The first-order chi connectivity index (χ1) is 12.3. The molecule has 0 saturated heterocycles. The Morgan fingerprint density at radius 1 is 0.880 bits per heavy atom. The Balaban J connectivity index is 1.37. The zero-order valence-electron chi connectivity index (χ0n) is 14.4.